The van der Waals surface area contributed by atoms with Gasteiger partial charge in [-0.1, -0.05) is 140 Å². The van der Waals surface area contributed by atoms with Crippen LogP contribution in [0, 0.1) is 0 Å². The quantitative estimate of drug-likeness (QED) is 0.199. The number of nitrogens with zero attached hydrogens (tertiary/aromatic N) is 2. The monoisotopic (exact) mass is 612 g/mol. The van der Waals surface area contributed by atoms with Gasteiger partial charge < -0.3 is 4.74 Å². The SMILES string of the molecule is c1cc(-c2ccc3c(c2)Oc2ccccc2C32c3ccccc3-c3ccccc32)cc(-c2ccc(-c3cccc4ccccc34)nn2)c1. The van der Waals surface area contributed by atoms with Gasteiger partial charge in [-0.05, 0) is 74.5 Å². The first-order chi connectivity index (χ1) is 23.8. The Hall–Kier alpha value is -6.32. The van der Waals surface area contributed by atoms with Crippen LogP contribution >= 0.6 is 0 Å². The standard InChI is InChI=1S/C45H28N2O/c1-2-15-33-29(11-1)12-10-18-36(33)42-26-25-41(46-47-42)32-14-9-13-30(27-32)31-23-24-40-44(28-31)48-43-22-8-7-21-39(43)45(40)37-19-5-3-16-34(37)35-17-4-6-20-38(35)45/h1-28H. The average Bonchev–Trinajstić information content (AvgIpc) is 3.45. The number of fused-ring (bicyclic) bond motifs is 10. The highest BCUT2D eigenvalue weighted by Crippen LogP contribution is 2.62. The lowest BCUT2D eigenvalue weighted by atomic mass is 9.66. The van der Waals surface area contributed by atoms with E-state index in [1.165, 1.54) is 38.6 Å². The first-order valence-corrected chi connectivity index (χ1v) is 16.3. The Labute approximate surface area is 278 Å². The molecule has 224 valence electrons. The van der Waals surface area contributed by atoms with E-state index in [9.17, 15) is 0 Å². The Bertz CT molecular complexity index is 2500. The van der Waals surface area contributed by atoms with Crippen molar-refractivity contribution in [1.29, 1.82) is 0 Å². The number of para-hydroxylation sites is 1. The summed E-state index contributed by atoms with van der Waals surface area (Å²) in [5.74, 6) is 1.77. The molecule has 0 fully saturated rings. The molecule has 10 rings (SSSR count). The predicted molar refractivity (Wildman–Crippen MR) is 193 cm³/mol. The lowest BCUT2D eigenvalue weighted by Crippen LogP contribution is -2.32. The molecule has 0 amide bonds. The van der Waals surface area contributed by atoms with Gasteiger partial charge in [-0.3, -0.25) is 0 Å². The highest BCUT2D eigenvalue weighted by Gasteiger charge is 2.50. The molecule has 0 unspecified atom stereocenters. The van der Waals surface area contributed by atoms with Crippen LogP contribution in [0.3, 0.4) is 0 Å². The Balaban J connectivity index is 1.07. The number of hydrogen-bond donors (Lipinski definition) is 0. The summed E-state index contributed by atoms with van der Waals surface area (Å²) in [5.41, 5.74) is 13.0. The van der Waals surface area contributed by atoms with E-state index in [1.54, 1.807) is 0 Å². The largest absolute Gasteiger partial charge is 0.457 e. The molecule has 0 saturated heterocycles. The van der Waals surface area contributed by atoms with Crippen LogP contribution < -0.4 is 4.74 Å². The zero-order valence-electron chi connectivity index (χ0n) is 26.0. The summed E-state index contributed by atoms with van der Waals surface area (Å²) in [6, 6.07) is 60.2. The van der Waals surface area contributed by atoms with Gasteiger partial charge in [0, 0.05) is 22.3 Å². The van der Waals surface area contributed by atoms with Crippen LogP contribution in [0.25, 0.3) is 55.5 Å². The smallest absolute Gasteiger partial charge is 0.132 e. The molecule has 48 heavy (non-hydrogen) atoms. The Morgan fingerprint density at radius 2 is 0.958 bits per heavy atom. The normalized spacial score (nSPS) is 13.3. The van der Waals surface area contributed by atoms with Crippen LogP contribution in [0.5, 0.6) is 11.5 Å². The molecule has 1 aliphatic heterocycles. The van der Waals surface area contributed by atoms with Crippen LogP contribution in [0.4, 0.5) is 0 Å². The molecule has 8 aromatic rings. The number of rotatable bonds is 3. The van der Waals surface area contributed by atoms with Crippen molar-refractivity contribution in [3.8, 4) is 56.3 Å². The summed E-state index contributed by atoms with van der Waals surface area (Å²) in [7, 11) is 0. The lowest BCUT2D eigenvalue weighted by Gasteiger charge is -2.39. The molecule has 2 aliphatic rings. The molecule has 0 N–H and O–H groups in total. The van der Waals surface area contributed by atoms with Crippen molar-refractivity contribution in [3.05, 3.63) is 192 Å². The summed E-state index contributed by atoms with van der Waals surface area (Å²) >= 11 is 0. The van der Waals surface area contributed by atoms with Gasteiger partial charge in [-0.25, -0.2) is 0 Å². The summed E-state index contributed by atoms with van der Waals surface area (Å²) < 4.78 is 6.73. The van der Waals surface area contributed by atoms with Gasteiger partial charge in [0.1, 0.15) is 11.5 Å². The zero-order chi connectivity index (χ0) is 31.7. The number of ether oxygens (including phenoxy) is 1. The highest BCUT2D eigenvalue weighted by atomic mass is 16.5. The molecule has 0 atom stereocenters. The van der Waals surface area contributed by atoms with Crippen LogP contribution in [0.1, 0.15) is 22.3 Å². The molecule has 0 saturated carbocycles. The molecular formula is C45H28N2O. The molecule has 1 spiro atoms. The van der Waals surface area contributed by atoms with Crippen molar-refractivity contribution >= 4 is 10.8 Å². The van der Waals surface area contributed by atoms with Crippen LogP contribution in [-0.2, 0) is 5.41 Å². The number of aromatic nitrogens is 2. The maximum Gasteiger partial charge on any atom is 0.132 e. The van der Waals surface area contributed by atoms with E-state index in [1.807, 2.05) is 0 Å². The highest BCUT2D eigenvalue weighted by molar-refractivity contribution is 5.96. The molecular weight excluding hydrogens is 585 g/mol. The third-order valence-corrected chi connectivity index (χ3v) is 10.1. The van der Waals surface area contributed by atoms with Crippen molar-refractivity contribution in [2.75, 3.05) is 0 Å². The van der Waals surface area contributed by atoms with Gasteiger partial charge in [-0.15, -0.1) is 10.2 Å². The third kappa shape index (κ3) is 3.82. The van der Waals surface area contributed by atoms with E-state index < -0.39 is 5.41 Å². The Kier molecular flexibility index (Phi) is 5.79. The fourth-order valence-electron chi connectivity index (χ4n) is 7.98. The van der Waals surface area contributed by atoms with Crippen molar-refractivity contribution in [1.82, 2.24) is 10.2 Å². The molecule has 1 aromatic heterocycles. The van der Waals surface area contributed by atoms with E-state index >= 15 is 0 Å². The second-order valence-electron chi connectivity index (χ2n) is 12.6. The van der Waals surface area contributed by atoms with E-state index in [0.29, 0.717) is 0 Å². The molecule has 3 heteroatoms. The topological polar surface area (TPSA) is 35.0 Å². The zero-order valence-corrected chi connectivity index (χ0v) is 26.0. The van der Waals surface area contributed by atoms with E-state index in [0.717, 1.165) is 50.7 Å². The number of hydrogen-bond acceptors (Lipinski definition) is 3. The minimum Gasteiger partial charge on any atom is -0.457 e. The second-order valence-corrected chi connectivity index (χ2v) is 12.6. The lowest BCUT2D eigenvalue weighted by molar-refractivity contribution is 0.436. The average molecular weight is 613 g/mol. The Morgan fingerprint density at radius 3 is 1.77 bits per heavy atom. The fraction of sp³-hybridized carbons (Fsp3) is 0.0222. The van der Waals surface area contributed by atoms with Gasteiger partial charge in [0.25, 0.3) is 0 Å². The van der Waals surface area contributed by atoms with Crippen molar-refractivity contribution in [2.45, 2.75) is 5.41 Å². The summed E-state index contributed by atoms with van der Waals surface area (Å²) in [6.07, 6.45) is 0. The van der Waals surface area contributed by atoms with Crippen LogP contribution in [0.2, 0.25) is 0 Å². The van der Waals surface area contributed by atoms with Gasteiger partial charge >= 0.3 is 0 Å². The Morgan fingerprint density at radius 1 is 0.375 bits per heavy atom. The van der Waals surface area contributed by atoms with Gasteiger partial charge in [0.2, 0.25) is 0 Å². The summed E-state index contributed by atoms with van der Waals surface area (Å²) in [4.78, 5) is 0. The molecule has 1 aliphatic carbocycles. The fourth-order valence-corrected chi connectivity index (χ4v) is 7.98. The molecule has 0 bridgehead atoms. The third-order valence-electron chi connectivity index (χ3n) is 10.1. The maximum atomic E-state index is 6.73. The molecule has 7 aromatic carbocycles. The van der Waals surface area contributed by atoms with Crippen LogP contribution in [0.15, 0.2) is 170 Å². The van der Waals surface area contributed by atoms with Gasteiger partial charge in [-0.2, -0.15) is 0 Å². The number of benzene rings is 7. The molecule has 0 radical (unpaired) electrons. The van der Waals surface area contributed by atoms with E-state index in [2.05, 4.69) is 180 Å². The minimum absolute atomic E-state index is 0.459. The maximum absolute atomic E-state index is 6.73. The van der Waals surface area contributed by atoms with E-state index in [-0.39, 0.29) is 0 Å². The molecule has 3 nitrogen and oxygen atoms in total. The van der Waals surface area contributed by atoms with Crippen molar-refractivity contribution in [2.24, 2.45) is 0 Å². The van der Waals surface area contributed by atoms with E-state index in [4.69, 9.17) is 4.74 Å². The van der Waals surface area contributed by atoms with Crippen LogP contribution in [-0.4, -0.2) is 10.2 Å². The first kappa shape index (κ1) is 26.9. The van der Waals surface area contributed by atoms with Crippen molar-refractivity contribution in [3.63, 3.8) is 0 Å². The van der Waals surface area contributed by atoms with Gasteiger partial charge in [0.15, 0.2) is 0 Å². The van der Waals surface area contributed by atoms with Gasteiger partial charge in [0.05, 0.1) is 16.8 Å². The first-order valence-electron chi connectivity index (χ1n) is 16.3. The van der Waals surface area contributed by atoms with Crippen molar-refractivity contribution < 1.29 is 4.74 Å². The predicted octanol–water partition coefficient (Wildman–Crippen LogP) is 11.1. The minimum atomic E-state index is -0.459. The molecule has 2 heterocycles. The summed E-state index contributed by atoms with van der Waals surface area (Å²) in [5, 5.41) is 11.7. The summed E-state index contributed by atoms with van der Waals surface area (Å²) in [6.45, 7) is 0. The second kappa shape index (κ2) is 10.3.